The van der Waals surface area contributed by atoms with Gasteiger partial charge in [0.2, 0.25) is 0 Å². The van der Waals surface area contributed by atoms with E-state index in [1.165, 1.54) is 12.5 Å². The molecule has 0 amide bonds. The molecule has 1 fully saturated rings. The summed E-state index contributed by atoms with van der Waals surface area (Å²) >= 11 is 0. The summed E-state index contributed by atoms with van der Waals surface area (Å²) in [7, 11) is -0.968. The predicted octanol–water partition coefficient (Wildman–Crippen LogP) is 3.11. The van der Waals surface area contributed by atoms with Gasteiger partial charge in [-0.15, -0.1) is 0 Å². The Morgan fingerprint density at radius 1 is 1.42 bits per heavy atom. The highest BCUT2D eigenvalue weighted by molar-refractivity contribution is 7.84. The lowest BCUT2D eigenvalue weighted by Crippen LogP contribution is -2.24. The third-order valence-corrected chi connectivity index (χ3v) is 5.68. The molecule has 1 aliphatic rings. The van der Waals surface area contributed by atoms with E-state index in [4.69, 9.17) is 5.73 Å². The zero-order valence-corrected chi connectivity index (χ0v) is 12.2. The molecule has 106 valence electrons. The lowest BCUT2D eigenvalue weighted by molar-refractivity contribution is 0.389. The van der Waals surface area contributed by atoms with Crippen molar-refractivity contribution in [2.24, 2.45) is 11.7 Å². The van der Waals surface area contributed by atoms with Crippen LogP contribution < -0.4 is 5.73 Å². The predicted molar refractivity (Wildman–Crippen MR) is 77.6 cm³/mol. The second-order valence-corrected chi connectivity index (χ2v) is 7.27. The first-order chi connectivity index (χ1) is 9.10. The van der Waals surface area contributed by atoms with Crippen LogP contribution in [0.1, 0.15) is 43.7 Å². The van der Waals surface area contributed by atoms with Crippen LogP contribution in [-0.2, 0) is 23.1 Å². The van der Waals surface area contributed by atoms with Crippen LogP contribution in [0, 0.1) is 11.7 Å². The van der Waals surface area contributed by atoms with E-state index in [1.54, 1.807) is 6.07 Å². The van der Waals surface area contributed by atoms with Gasteiger partial charge in [-0.05, 0) is 30.4 Å². The van der Waals surface area contributed by atoms with Crippen LogP contribution in [0.2, 0.25) is 0 Å². The summed E-state index contributed by atoms with van der Waals surface area (Å²) in [5, 5.41) is 0.234. The van der Waals surface area contributed by atoms with E-state index in [9.17, 15) is 8.60 Å². The number of hydrogen-bond donors (Lipinski definition) is 1. The Morgan fingerprint density at radius 2 is 2.21 bits per heavy atom. The molecular formula is C15H22FNOS. The van der Waals surface area contributed by atoms with Gasteiger partial charge in [-0.25, -0.2) is 4.39 Å². The summed E-state index contributed by atoms with van der Waals surface area (Å²) in [6.45, 7) is 2.54. The Labute approximate surface area is 117 Å². The van der Waals surface area contributed by atoms with Crippen molar-refractivity contribution >= 4 is 10.8 Å². The Bertz CT molecular complexity index is 463. The van der Waals surface area contributed by atoms with E-state index in [0.717, 1.165) is 24.8 Å². The highest BCUT2D eigenvalue weighted by atomic mass is 32.2. The van der Waals surface area contributed by atoms with Gasteiger partial charge in [0.25, 0.3) is 0 Å². The maximum absolute atomic E-state index is 13.9. The molecule has 2 N–H and O–H groups in total. The molecule has 0 radical (unpaired) electrons. The summed E-state index contributed by atoms with van der Waals surface area (Å²) in [6.07, 6.45) is 4.40. The van der Waals surface area contributed by atoms with Crippen molar-refractivity contribution in [3.05, 3.63) is 35.1 Å². The molecule has 1 aromatic carbocycles. The zero-order chi connectivity index (χ0) is 13.8. The van der Waals surface area contributed by atoms with E-state index < -0.39 is 10.8 Å². The van der Waals surface area contributed by atoms with Crippen LogP contribution in [-0.4, -0.2) is 9.46 Å². The minimum atomic E-state index is -0.968. The van der Waals surface area contributed by atoms with Crippen molar-refractivity contribution in [2.75, 3.05) is 0 Å². The highest BCUT2D eigenvalue weighted by Gasteiger charge is 2.24. The molecule has 0 spiro atoms. The number of nitrogens with two attached hydrogens (primary N) is 1. The van der Waals surface area contributed by atoms with Gasteiger partial charge in [0.1, 0.15) is 5.82 Å². The number of rotatable bonds is 4. The fourth-order valence-corrected chi connectivity index (χ4v) is 4.47. The molecular weight excluding hydrogens is 261 g/mol. The van der Waals surface area contributed by atoms with Crippen LogP contribution in [0.15, 0.2) is 18.2 Å². The number of hydrogen-bond acceptors (Lipinski definition) is 2. The molecule has 1 saturated carbocycles. The van der Waals surface area contributed by atoms with E-state index in [-0.39, 0.29) is 11.1 Å². The van der Waals surface area contributed by atoms with Crippen LogP contribution in [0.4, 0.5) is 4.39 Å². The molecule has 2 rings (SSSR count). The lowest BCUT2D eigenvalue weighted by Gasteiger charge is -2.26. The summed E-state index contributed by atoms with van der Waals surface area (Å²) in [5.41, 5.74) is 6.80. The minimum Gasteiger partial charge on any atom is -0.326 e. The van der Waals surface area contributed by atoms with Crippen LogP contribution in [0.3, 0.4) is 0 Å². The Kier molecular flexibility index (Phi) is 5.11. The van der Waals surface area contributed by atoms with Crippen molar-refractivity contribution in [2.45, 2.75) is 50.2 Å². The van der Waals surface area contributed by atoms with Gasteiger partial charge in [-0.1, -0.05) is 31.9 Å². The molecule has 0 bridgehead atoms. The second kappa shape index (κ2) is 6.62. The quantitative estimate of drug-likeness (QED) is 0.922. The van der Waals surface area contributed by atoms with Crippen LogP contribution >= 0.6 is 0 Å². The fourth-order valence-electron chi connectivity index (χ4n) is 2.72. The van der Waals surface area contributed by atoms with Crippen LogP contribution in [0.5, 0.6) is 0 Å². The first-order valence-electron chi connectivity index (χ1n) is 6.94. The van der Waals surface area contributed by atoms with E-state index in [2.05, 4.69) is 6.92 Å². The van der Waals surface area contributed by atoms with Crippen molar-refractivity contribution in [3.63, 3.8) is 0 Å². The second-order valence-electron chi connectivity index (χ2n) is 5.55. The average Bonchev–Trinajstić information content (AvgIpc) is 2.41. The molecule has 1 aliphatic carbocycles. The highest BCUT2D eigenvalue weighted by Crippen LogP contribution is 2.28. The van der Waals surface area contributed by atoms with Crippen molar-refractivity contribution in [1.82, 2.24) is 0 Å². The third-order valence-electron chi connectivity index (χ3n) is 3.91. The maximum Gasteiger partial charge on any atom is 0.127 e. The number of halogens is 1. The Balaban J connectivity index is 2.02. The van der Waals surface area contributed by atoms with Crippen molar-refractivity contribution in [1.29, 1.82) is 0 Å². The summed E-state index contributed by atoms with van der Waals surface area (Å²) < 4.78 is 26.2. The van der Waals surface area contributed by atoms with E-state index in [0.29, 0.717) is 23.8 Å². The van der Waals surface area contributed by atoms with E-state index >= 15 is 0 Å². The van der Waals surface area contributed by atoms with E-state index in [1.807, 2.05) is 6.07 Å². The summed E-state index contributed by atoms with van der Waals surface area (Å²) in [6, 6.07) is 5.00. The fraction of sp³-hybridized carbons (Fsp3) is 0.600. The first kappa shape index (κ1) is 14.7. The van der Waals surface area contributed by atoms with Gasteiger partial charge in [0, 0.05) is 28.2 Å². The average molecular weight is 283 g/mol. The van der Waals surface area contributed by atoms with Crippen LogP contribution in [0.25, 0.3) is 0 Å². The van der Waals surface area contributed by atoms with Gasteiger partial charge in [-0.2, -0.15) is 0 Å². The normalized spacial score (nSPS) is 25.2. The summed E-state index contributed by atoms with van der Waals surface area (Å²) in [5.74, 6) is 0.695. The standard InChI is InChI=1S/C15H22FNOS/c1-11-3-2-4-14(7-11)19(18)10-13-6-5-12(9-17)8-15(13)16/h5-6,8,11,14H,2-4,7,9-10,17H2,1H3. The Morgan fingerprint density at radius 3 is 2.84 bits per heavy atom. The zero-order valence-electron chi connectivity index (χ0n) is 11.4. The molecule has 3 unspecified atom stereocenters. The Hall–Kier alpha value is -0.740. The molecule has 0 aliphatic heterocycles. The van der Waals surface area contributed by atoms with Gasteiger partial charge in [0.15, 0.2) is 0 Å². The first-order valence-corrected chi connectivity index (χ1v) is 8.33. The summed E-state index contributed by atoms with van der Waals surface area (Å²) in [4.78, 5) is 0. The van der Waals surface area contributed by atoms with Gasteiger partial charge >= 0.3 is 0 Å². The molecule has 4 heteroatoms. The van der Waals surface area contributed by atoms with Gasteiger partial charge in [-0.3, -0.25) is 4.21 Å². The van der Waals surface area contributed by atoms with Gasteiger partial charge < -0.3 is 5.73 Å². The molecule has 1 aromatic rings. The molecule has 3 atom stereocenters. The monoisotopic (exact) mass is 283 g/mol. The molecule has 0 aromatic heterocycles. The molecule has 2 nitrogen and oxygen atoms in total. The SMILES string of the molecule is CC1CCCC(S(=O)Cc2ccc(CN)cc2F)C1. The topological polar surface area (TPSA) is 43.1 Å². The third kappa shape index (κ3) is 3.86. The van der Waals surface area contributed by atoms with Crippen molar-refractivity contribution in [3.8, 4) is 0 Å². The van der Waals surface area contributed by atoms with Crippen molar-refractivity contribution < 1.29 is 8.60 Å². The molecule has 0 heterocycles. The number of benzene rings is 1. The largest absolute Gasteiger partial charge is 0.326 e. The molecule has 19 heavy (non-hydrogen) atoms. The van der Waals surface area contributed by atoms with Gasteiger partial charge in [0.05, 0.1) is 5.75 Å². The molecule has 0 saturated heterocycles. The maximum atomic E-state index is 13.9. The minimum absolute atomic E-state index is 0.234. The lowest BCUT2D eigenvalue weighted by atomic mass is 9.91. The smallest absolute Gasteiger partial charge is 0.127 e.